The van der Waals surface area contributed by atoms with E-state index in [2.05, 4.69) is 26.8 Å². The first-order valence-electron chi connectivity index (χ1n) is 9.62. The summed E-state index contributed by atoms with van der Waals surface area (Å²) >= 11 is 0. The zero-order chi connectivity index (χ0) is 15.5. The number of hydrogen-bond acceptors (Lipinski definition) is 1. The molecule has 0 amide bonds. The molecule has 1 heterocycles. The maximum atomic E-state index is 11.8. The lowest BCUT2D eigenvalue weighted by Gasteiger charge is -2.57. The van der Waals surface area contributed by atoms with Crippen LogP contribution in [0.3, 0.4) is 0 Å². The van der Waals surface area contributed by atoms with Crippen LogP contribution >= 0.6 is 0 Å². The minimum absolute atomic E-state index is 0.287. The number of rotatable bonds is 1. The van der Waals surface area contributed by atoms with Crippen molar-refractivity contribution in [2.24, 2.45) is 40.4 Å². The third-order valence-corrected chi connectivity index (χ3v) is 8.65. The second-order valence-corrected chi connectivity index (χ2v) is 9.16. The summed E-state index contributed by atoms with van der Waals surface area (Å²) in [6.07, 6.45) is 13.9. The van der Waals surface area contributed by atoms with Gasteiger partial charge in [-0.25, -0.2) is 0 Å². The third kappa shape index (κ3) is 1.85. The van der Waals surface area contributed by atoms with Crippen molar-refractivity contribution in [3.05, 3.63) is 17.2 Å². The lowest BCUT2D eigenvalue weighted by Crippen LogP contribution is -2.53. The van der Waals surface area contributed by atoms with Crippen molar-refractivity contribution in [3.63, 3.8) is 0 Å². The smallest absolute Gasteiger partial charge is 0.0651 e. The Labute approximate surface area is 135 Å². The van der Waals surface area contributed by atoms with E-state index >= 15 is 0 Å². The van der Waals surface area contributed by atoms with E-state index in [1.165, 1.54) is 49.7 Å². The molecule has 4 aliphatic rings. The molecule has 3 fully saturated rings. The van der Waals surface area contributed by atoms with Crippen molar-refractivity contribution in [3.8, 4) is 0 Å². The van der Waals surface area contributed by atoms with E-state index in [0.717, 1.165) is 30.2 Å². The van der Waals surface area contributed by atoms with Crippen LogP contribution in [0, 0.1) is 45.3 Å². The van der Waals surface area contributed by atoms with Crippen LogP contribution in [0.2, 0.25) is 0 Å². The van der Waals surface area contributed by atoms with E-state index in [4.69, 9.17) is 0 Å². The summed E-state index contributed by atoms with van der Waals surface area (Å²) in [6, 6.07) is 0. The zero-order valence-electron chi connectivity index (χ0n) is 14.6. The standard InChI is InChI=1S/C20H32NO/c1-4-14-6-8-17-16-7-5-15-13-21(22)12-11-20(15,3)18(16)9-10-19(14,17)2/h11-12,14-18H,4-10,13H2,1-3H3/q+1/t14-,15-,16-,17-,18-,19+,20-/m0/s1. The van der Waals surface area contributed by atoms with E-state index in [9.17, 15) is 4.91 Å². The molecule has 122 valence electrons. The fourth-order valence-corrected chi connectivity index (χ4v) is 7.32. The van der Waals surface area contributed by atoms with Crippen molar-refractivity contribution >= 4 is 0 Å². The van der Waals surface area contributed by atoms with Crippen molar-refractivity contribution in [1.82, 2.24) is 0 Å². The molecule has 0 bridgehead atoms. The Morgan fingerprint density at radius 3 is 2.68 bits per heavy atom. The average Bonchev–Trinajstić information content (AvgIpc) is 2.84. The van der Waals surface area contributed by atoms with Crippen LogP contribution < -0.4 is 0 Å². The van der Waals surface area contributed by atoms with Crippen molar-refractivity contribution in [2.75, 3.05) is 6.54 Å². The van der Waals surface area contributed by atoms with Crippen LogP contribution in [0.25, 0.3) is 0 Å². The monoisotopic (exact) mass is 302 g/mol. The minimum atomic E-state index is 0.287. The molecule has 22 heavy (non-hydrogen) atoms. The van der Waals surface area contributed by atoms with Gasteiger partial charge in [-0.2, -0.15) is 0 Å². The molecule has 0 aromatic heterocycles. The van der Waals surface area contributed by atoms with E-state index in [1.807, 2.05) is 6.20 Å². The van der Waals surface area contributed by atoms with Gasteiger partial charge in [-0.1, -0.05) is 27.2 Å². The van der Waals surface area contributed by atoms with Crippen molar-refractivity contribution in [1.29, 1.82) is 0 Å². The molecule has 7 atom stereocenters. The molecule has 3 aliphatic carbocycles. The van der Waals surface area contributed by atoms with Gasteiger partial charge in [-0.05, 0) is 73.7 Å². The highest BCUT2D eigenvalue weighted by atomic mass is 16.3. The van der Waals surface area contributed by atoms with Gasteiger partial charge in [-0.15, -0.1) is 0 Å². The van der Waals surface area contributed by atoms with Gasteiger partial charge in [-0.3, -0.25) is 0 Å². The first-order valence-corrected chi connectivity index (χ1v) is 9.62. The average molecular weight is 302 g/mol. The molecule has 0 N–H and O–H groups in total. The zero-order valence-corrected chi connectivity index (χ0v) is 14.6. The van der Waals surface area contributed by atoms with Gasteiger partial charge in [0, 0.05) is 21.0 Å². The molecule has 0 radical (unpaired) electrons. The molecule has 0 aromatic carbocycles. The van der Waals surface area contributed by atoms with Gasteiger partial charge >= 0.3 is 0 Å². The molecule has 1 aliphatic heterocycles. The lowest BCUT2D eigenvalue weighted by atomic mass is 9.46. The first kappa shape index (κ1) is 14.9. The van der Waals surface area contributed by atoms with Crippen LogP contribution in [0.5, 0.6) is 0 Å². The number of hydrogen-bond donors (Lipinski definition) is 0. The van der Waals surface area contributed by atoms with Gasteiger partial charge in [0.1, 0.15) is 0 Å². The Morgan fingerprint density at radius 1 is 1.09 bits per heavy atom. The quantitative estimate of drug-likeness (QED) is 0.611. The molecule has 2 nitrogen and oxygen atoms in total. The first-order chi connectivity index (χ1) is 10.5. The molecular formula is C20H32NO+. The highest BCUT2D eigenvalue weighted by molar-refractivity contribution is 5.13. The fourth-order valence-electron chi connectivity index (χ4n) is 7.32. The lowest BCUT2D eigenvalue weighted by molar-refractivity contribution is -0.500. The molecule has 3 saturated carbocycles. The van der Waals surface area contributed by atoms with Gasteiger partial charge in [0.2, 0.25) is 12.7 Å². The Hall–Kier alpha value is -0.660. The summed E-state index contributed by atoms with van der Waals surface area (Å²) in [5.41, 5.74) is 0.900. The second-order valence-electron chi connectivity index (χ2n) is 9.16. The Balaban J connectivity index is 1.66. The van der Waals surface area contributed by atoms with E-state index in [-0.39, 0.29) is 5.41 Å². The molecule has 2 heteroatoms. The van der Waals surface area contributed by atoms with Crippen molar-refractivity contribution in [2.45, 2.75) is 65.7 Å². The Morgan fingerprint density at radius 2 is 1.91 bits per heavy atom. The largest absolute Gasteiger partial charge is 0.217 e. The molecule has 4 rings (SSSR count). The fraction of sp³-hybridized carbons (Fsp3) is 0.900. The van der Waals surface area contributed by atoms with Crippen molar-refractivity contribution < 1.29 is 4.76 Å². The number of nitrogens with zero attached hydrogens (tertiary/aromatic N) is 1. The van der Waals surface area contributed by atoms with Gasteiger partial charge in [0.25, 0.3) is 0 Å². The summed E-state index contributed by atoms with van der Waals surface area (Å²) in [4.78, 5) is 11.8. The maximum Gasteiger partial charge on any atom is 0.217 e. The van der Waals surface area contributed by atoms with Crippen LogP contribution in [0.1, 0.15) is 65.7 Å². The molecule has 0 saturated heterocycles. The number of fused-ring (bicyclic) bond motifs is 5. The highest BCUT2D eigenvalue weighted by Gasteiger charge is 2.60. The number of nitroso groups, excluding NO2 is 1. The van der Waals surface area contributed by atoms with Gasteiger partial charge in [0.05, 0.1) is 0 Å². The predicted molar refractivity (Wildman–Crippen MR) is 89.3 cm³/mol. The van der Waals surface area contributed by atoms with Crippen LogP contribution in [-0.2, 0) is 0 Å². The van der Waals surface area contributed by atoms with Gasteiger partial charge in [0.15, 0.2) is 0 Å². The third-order valence-electron chi connectivity index (χ3n) is 8.65. The second kappa shape index (κ2) is 4.92. The summed E-state index contributed by atoms with van der Waals surface area (Å²) in [7, 11) is 0. The van der Waals surface area contributed by atoms with Crippen LogP contribution in [0.15, 0.2) is 12.3 Å². The van der Waals surface area contributed by atoms with E-state index in [0.29, 0.717) is 11.3 Å². The number of allylic oxidation sites excluding steroid dienone is 1. The summed E-state index contributed by atoms with van der Waals surface area (Å²) in [5.74, 6) is 4.24. The Bertz CT molecular complexity index is 512. The maximum absolute atomic E-state index is 11.8. The predicted octanol–water partition coefficient (Wildman–Crippen LogP) is 5.18. The summed E-state index contributed by atoms with van der Waals surface area (Å²) < 4.78 is 1.17. The van der Waals surface area contributed by atoms with Crippen LogP contribution in [0.4, 0.5) is 0 Å². The van der Waals surface area contributed by atoms with Crippen LogP contribution in [-0.4, -0.2) is 11.3 Å². The normalized spacial score (nSPS) is 53.8. The molecular weight excluding hydrogens is 270 g/mol. The van der Waals surface area contributed by atoms with E-state index < -0.39 is 0 Å². The summed E-state index contributed by atoms with van der Waals surface area (Å²) in [5, 5.41) is 0. The topological polar surface area (TPSA) is 20.1 Å². The Kier molecular flexibility index (Phi) is 3.33. The van der Waals surface area contributed by atoms with E-state index in [1.54, 1.807) is 0 Å². The van der Waals surface area contributed by atoms with Gasteiger partial charge < -0.3 is 0 Å². The molecule has 0 unspecified atom stereocenters. The minimum Gasteiger partial charge on any atom is -0.0651 e. The highest BCUT2D eigenvalue weighted by Crippen LogP contribution is 2.66. The molecule has 0 spiro atoms. The SMILES string of the molecule is CC[C@H]1CC[C@H]2[C@@H]3CC[C@H]4C[N+](=O)C=C[C@]4(C)[C@H]3CC[C@]12C. The summed E-state index contributed by atoms with van der Waals surface area (Å²) in [6.45, 7) is 8.21. The molecule has 0 aromatic rings.